The van der Waals surface area contributed by atoms with Gasteiger partial charge in [-0.3, -0.25) is 4.90 Å². The second-order valence-corrected chi connectivity index (χ2v) is 11.0. The van der Waals surface area contributed by atoms with E-state index in [0.29, 0.717) is 48.3 Å². The van der Waals surface area contributed by atoms with Crippen molar-refractivity contribution in [2.24, 2.45) is 11.7 Å². The maximum atomic E-state index is 14.6. The smallest absolute Gasteiger partial charge is 0.316 e. The van der Waals surface area contributed by atoms with Gasteiger partial charge in [0.25, 0.3) is 0 Å². The molecule has 1 aromatic heterocycles. The molecule has 1 aliphatic heterocycles. The molecule has 0 aliphatic carbocycles. The van der Waals surface area contributed by atoms with Gasteiger partial charge in [-0.15, -0.1) is 0 Å². The minimum absolute atomic E-state index is 0.268. The normalized spacial score (nSPS) is 13.3. The minimum Gasteiger partial charge on any atom is -0.491 e. The number of anilines is 1. The molecule has 0 fully saturated rings. The lowest BCUT2D eigenvalue weighted by Gasteiger charge is -2.27. The number of benzene rings is 3. The number of hydrogen-bond donors (Lipinski definition) is 2. The fraction of sp³-hybridized carbons (Fsp3) is 0.290. The highest BCUT2D eigenvalue weighted by Gasteiger charge is 2.28. The number of carbonyl (C=O) groups excluding carboxylic acids is 1. The lowest BCUT2D eigenvalue weighted by molar-refractivity contribution is 0.242. The van der Waals surface area contributed by atoms with Crippen LogP contribution in [0.4, 0.5) is 14.9 Å². The molecular weight excluding hydrogens is 529 g/mol. The first-order valence-electron chi connectivity index (χ1n) is 13.4. The lowest BCUT2D eigenvalue weighted by atomic mass is 9.99. The third-order valence-electron chi connectivity index (χ3n) is 6.93. The van der Waals surface area contributed by atoms with Crippen LogP contribution in [-0.4, -0.2) is 33.9 Å². The Morgan fingerprint density at radius 2 is 1.95 bits per heavy atom. The molecule has 0 saturated heterocycles. The van der Waals surface area contributed by atoms with Gasteiger partial charge in [0.1, 0.15) is 17.3 Å². The number of rotatable bonds is 8. The van der Waals surface area contributed by atoms with E-state index < -0.39 is 6.03 Å². The van der Waals surface area contributed by atoms with Crippen molar-refractivity contribution in [1.82, 2.24) is 14.7 Å². The van der Waals surface area contributed by atoms with Gasteiger partial charge in [0.15, 0.2) is 0 Å². The van der Waals surface area contributed by atoms with Gasteiger partial charge < -0.3 is 15.8 Å². The van der Waals surface area contributed by atoms with Gasteiger partial charge in [0.2, 0.25) is 0 Å². The highest BCUT2D eigenvalue weighted by Crippen LogP contribution is 2.37. The zero-order valence-electron chi connectivity index (χ0n) is 22.9. The number of para-hydroxylation sites is 1. The molecule has 9 heteroatoms. The number of urea groups is 1. The SMILES string of the molecule is Cc1cccc(OCC(C)C)c1-n1nc2c(c1-c1ccc(NC(N)=O)cc1)CN(Cc1cc(Cl)ccc1F)CC2. The third-order valence-corrected chi connectivity index (χ3v) is 7.16. The second kappa shape index (κ2) is 11.7. The summed E-state index contributed by atoms with van der Waals surface area (Å²) in [6, 6.07) is 17.6. The topological polar surface area (TPSA) is 85.4 Å². The number of primary amides is 1. The zero-order chi connectivity index (χ0) is 28.4. The van der Waals surface area contributed by atoms with E-state index in [1.807, 2.05) is 41.1 Å². The van der Waals surface area contributed by atoms with Gasteiger partial charge >= 0.3 is 6.03 Å². The van der Waals surface area contributed by atoms with Crippen molar-refractivity contribution >= 4 is 23.3 Å². The highest BCUT2D eigenvalue weighted by molar-refractivity contribution is 6.30. The van der Waals surface area contributed by atoms with Crippen molar-refractivity contribution in [3.8, 4) is 22.7 Å². The van der Waals surface area contributed by atoms with Gasteiger partial charge in [-0.2, -0.15) is 5.10 Å². The summed E-state index contributed by atoms with van der Waals surface area (Å²) in [4.78, 5) is 13.6. The van der Waals surface area contributed by atoms with Gasteiger partial charge in [-0.25, -0.2) is 13.9 Å². The van der Waals surface area contributed by atoms with Crippen LogP contribution in [0.25, 0.3) is 16.9 Å². The van der Waals surface area contributed by atoms with Gasteiger partial charge in [0.05, 0.1) is 18.0 Å². The van der Waals surface area contributed by atoms with Crippen LogP contribution in [0.3, 0.4) is 0 Å². The summed E-state index contributed by atoms with van der Waals surface area (Å²) < 4.78 is 22.8. The zero-order valence-corrected chi connectivity index (χ0v) is 23.6. The Kier molecular flexibility index (Phi) is 8.09. The molecule has 0 unspecified atom stereocenters. The molecule has 5 rings (SSSR count). The molecule has 0 atom stereocenters. The Hall–Kier alpha value is -3.88. The molecule has 0 spiro atoms. The molecule has 1 aliphatic rings. The van der Waals surface area contributed by atoms with E-state index in [-0.39, 0.29) is 5.82 Å². The fourth-order valence-electron chi connectivity index (χ4n) is 5.06. The third kappa shape index (κ3) is 5.98. The summed E-state index contributed by atoms with van der Waals surface area (Å²) in [5, 5.41) is 8.25. The molecule has 7 nitrogen and oxygen atoms in total. The van der Waals surface area contributed by atoms with Crippen LogP contribution >= 0.6 is 11.6 Å². The van der Waals surface area contributed by atoms with Crippen molar-refractivity contribution < 1.29 is 13.9 Å². The minimum atomic E-state index is -0.620. The molecular formula is C31H33ClFN5O2. The monoisotopic (exact) mass is 561 g/mol. The molecule has 3 N–H and O–H groups in total. The fourth-order valence-corrected chi connectivity index (χ4v) is 5.25. The van der Waals surface area contributed by atoms with E-state index in [4.69, 9.17) is 27.2 Å². The number of aromatic nitrogens is 2. The van der Waals surface area contributed by atoms with Crippen LogP contribution in [0.2, 0.25) is 5.02 Å². The molecule has 2 heterocycles. The number of nitrogens with two attached hydrogens (primary N) is 1. The van der Waals surface area contributed by atoms with E-state index in [2.05, 4.69) is 37.1 Å². The standard InChI is InChI=1S/C31H33ClFN5O2/c1-19(2)18-40-28-6-4-5-20(3)29(28)38-30(21-7-10-24(11-8-21)35-31(34)39)25-17-37(14-13-27(25)36-38)16-22-15-23(32)9-12-26(22)33/h4-12,15,19H,13-14,16-18H2,1-3H3,(H3,34,35,39). The summed E-state index contributed by atoms with van der Waals surface area (Å²) >= 11 is 6.17. The van der Waals surface area contributed by atoms with E-state index in [0.717, 1.165) is 46.1 Å². The number of amides is 2. The molecule has 3 aromatic carbocycles. The maximum absolute atomic E-state index is 14.6. The first-order chi connectivity index (χ1) is 19.2. The molecule has 0 radical (unpaired) electrons. The molecule has 208 valence electrons. The Balaban J connectivity index is 1.60. The number of halogens is 2. The van der Waals surface area contributed by atoms with Crippen molar-refractivity contribution in [1.29, 1.82) is 0 Å². The molecule has 0 saturated carbocycles. The van der Waals surface area contributed by atoms with Crippen LogP contribution in [-0.2, 0) is 19.5 Å². The van der Waals surface area contributed by atoms with Crippen molar-refractivity contribution in [2.45, 2.75) is 40.3 Å². The summed E-state index contributed by atoms with van der Waals surface area (Å²) in [5.74, 6) is 0.861. The van der Waals surface area contributed by atoms with Gasteiger partial charge in [-0.05, 0) is 54.8 Å². The van der Waals surface area contributed by atoms with Crippen LogP contribution in [0.15, 0.2) is 60.7 Å². The first-order valence-corrected chi connectivity index (χ1v) is 13.7. The van der Waals surface area contributed by atoms with Crippen molar-refractivity contribution in [3.05, 3.63) is 93.9 Å². The Labute approximate surface area is 238 Å². The summed E-state index contributed by atoms with van der Waals surface area (Å²) in [5.41, 5.74) is 12.3. The number of hydrogen-bond acceptors (Lipinski definition) is 4. The number of fused-ring (bicyclic) bond motifs is 1. The van der Waals surface area contributed by atoms with Crippen LogP contribution in [0, 0.1) is 18.7 Å². The summed E-state index contributed by atoms with van der Waals surface area (Å²) in [7, 11) is 0. The van der Waals surface area contributed by atoms with E-state index >= 15 is 0 Å². The average molecular weight is 562 g/mol. The second-order valence-electron chi connectivity index (χ2n) is 10.6. The van der Waals surface area contributed by atoms with E-state index in [9.17, 15) is 9.18 Å². The predicted molar refractivity (Wildman–Crippen MR) is 157 cm³/mol. The number of nitrogens with one attached hydrogen (secondary N) is 1. The molecule has 4 aromatic rings. The van der Waals surface area contributed by atoms with Crippen LogP contribution < -0.4 is 15.8 Å². The number of carbonyl (C=O) groups is 1. The Morgan fingerprint density at radius 1 is 1.18 bits per heavy atom. The number of ether oxygens (including phenoxy) is 1. The Morgan fingerprint density at radius 3 is 2.67 bits per heavy atom. The van der Waals surface area contributed by atoms with Crippen LogP contribution in [0.1, 0.15) is 36.2 Å². The van der Waals surface area contributed by atoms with Crippen molar-refractivity contribution in [3.63, 3.8) is 0 Å². The molecule has 2 amide bonds. The highest BCUT2D eigenvalue weighted by atomic mass is 35.5. The predicted octanol–water partition coefficient (Wildman–Crippen LogP) is 6.72. The van der Waals surface area contributed by atoms with E-state index in [1.54, 1.807) is 12.1 Å². The van der Waals surface area contributed by atoms with E-state index in [1.165, 1.54) is 6.07 Å². The summed E-state index contributed by atoms with van der Waals surface area (Å²) in [6.07, 6.45) is 0.715. The quantitative estimate of drug-likeness (QED) is 0.250. The van der Waals surface area contributed by atoms with Crippen LogP contribution in [0.5, 0.6) is 5.75 Å². The largest absolute Gasteiger partial charge is 0.491 e. The van der Waals surface area contributed by atoms with Gasteiger partial charge in [-0.1, -0.05) is 49.7 Å². The van der Waals surface area contributed by atoms with Gasteiger partial charge in [0, 0.05) is 53.5 Å². The molecule has 0 bridgehead atoms. The summed E-state index contributed by atoms with van der Waals surface area (Å²) in [6.45, 7) is 8.63. The number of nitrogens with zero attached hydrogens (tertiary/aromatic N) is 3. The molecule has 40 heavy (non-hydrogen) atoms. The van der Waals surface area contributed by atoms with Crippen molar-refractivity contribution in [2.75, 3.05) is 18.5 Å². The Bertz CT molecular complexity index is 1530. The maximum Gasteiger partial charge on any atom is 0.316 e. The average Bonchev–Trinajstić information content (AvgIpc) is 3.28. The first kappa shape index (κ1) is 27.7. The number of aryl methyl sites for hydroxylation is 1. The lowest BCUT2D eigenvalue weighted by Crippen LogP contribution is -2.30.